The van der Waals surface area contributed by atoms with E-state index in [0.29, 0.717) is 35.7 Å². The van der Waals surface area contributed by atoms with Gasteiger partial charge in [-0.15, -0.1) is 0 Å². The van der Waals surface area contributed by atoms with Crippen LogP contribution in [0.1, 0.15) is 5.56 Å². The number of aliphatic carboxylic acids is 2. The van der Waals surface area contributed by atoms with Crippen LogP contribution in [0.25, 0.3) is 39.5 Å². The Morgan fingerprint density at radius 3 is 1.65 bits per heavy atom. The van der Waals surface area contributed by atoms with Gasteiger partial charge in [-0.2, -0.15) is 0 Å². The molecule has 1 aliphatic heterocycles. The number of anilines is 2. The third-order valence-electron chi connectivity index (χ3n) is 9.60. The molecule has 0 atom stereocenters. The molecule has 0 aliphatic carbocycles. The Balaban J connectivity index is 1.42. The first kappa shape index (κ1) is 38.9. The minimum atomic E-state index is -4.61. The second-order valence-corrected chi connectivity index (χ2v) is 17.1. The van der Waals surface area contributed by atoms with Crippen molar-refractivity contribution >= 4 is 60.2 Å². The lowest BCUT2D eigenvalue weighted by atomic mass is 10.0. The van der Waals surface area contributed by atoms with Crippen LogP contribution in [0.2, 0.25) is 0 Å². The summed E-state index contributed by atoms with van der Waals surface area (Å²) in [5.41, 5.74) is 1.25. The molecule has 0 spiro atoms. The topological polar surface area (TPSA) is 182 Å². The molecule has 0 saturated carbocycles. The van der Waals surface area contributed by atoms with Crippen LogP contribution in [0.15, 0.2) is 140 Å². The first-order chi connectivity index (χ1) is 27.3. The summed E-state index contributed by atoms with van der Waals surface area (Å²) in [6, 6.07) is 26.1. The van der Waals surface area contributed by atoms with Crippen LogP contribution < -0.4 is 8.61 Å². The SMILES string of the molecule is CN1CCN(/C=C/c2cc(N(CC(=O)O)S(=O)(=O)c3ccc(-c4ccco4)cc3)c3ccccc3c2N(CC(=O)O)S(=O)(=O)c2ccc(-c3ccco3)cc2)CC1. The van der Waals surface area contributed by atoms with Gasteiger partial charge in [0.2, 0.25) is 0 Å². The highest BCUT2D eigenvalue weighted by atomic mass is 32.2. The van der Waals surface area contributed by atoms with E-state index in [9.17, 15) is 36.6 Å². The molecule has 1 saturated heterocycles. The van der Waals surface area contributed by atoms with Gasteiger partial charge in [-0.05, 0) is 98.2 Å². The highest BCUT2D eigenvalue weighted by Crippen LogP contribution is 2.42. The smallest absolute Gasteiger partial charge is 0.324 e. The predicted molar refractivity (Wildman–Crippen MR) is 215 cm³/mol. The number of rotatable bonds is 14. The lowest BCUT2D eigenvalue weighted by Crippen LogP contribution is -2.41. The number of carboxylic acids is 2. The Hall–Kier alpha value is -6.36. The van der Waals surface area contributed by atoms with Crippen molar-refractivity contribution < 1.29 is 45.5 Å². The molecular formula is C41H38N4O10S2. The largest absolute Gasteiger partial charge is 0.480 e. The van der Waals surface area contributed by atoms with E-state index >= 15 is 0 Å². The number of fused-ring (bicyclic) bond motifs is 1. The van der Waals surface area contributed by atoms with Crippen molar-refractivity contribution in [1.29, 1.82) is 0 Å². The van der Waals surface area contributed by atoms with Crippen LogP contribution in [0.5, 0.6) is 0 Å². The van der Waals surface area contributed by atoms with E-state index in [1.165, 1.54) is 48.9 Å². The van der Waals surface area contributed by atoms with E-state index in [4.69, 9.17) is 8.83 Å². The summed E-state index contributed by atoms with van der Waals surface area (Å²) in [4.78, 5) is 28.7. The summed E-state index contributed by atoms with van der Waals surface area (Å²) in [6.07, 6.45) is 6.32. The van der Waals surface area contributed by atoms with Crippen molar-refractivity contribution in [3.05, 3.63) is 127 Å². The standard InChI is InChI=1S/C41H38N4O10S2/c1-42-20-22-43(23-21-42)19-18-31-26-36(44(27-39(46)47)56(50,51)32-14-10-29(11-15-32)37-8-4-24-54-37)34-6-2-3-7-35(34)41(31)45(28-40(48)49)57(52,53)33-16-12-30(13-17-33)38-9-5-25-55-38/h2-19,24-26H,20-23,27-28H2,1H3,(H,46,47)(H,48,49)/b19-18+. The minimum Gasteiger partial charge on any atom is -0.480 e. The summed E-state index contributed by atoms with van der Waals surface area (Å²) < 4.78 is 70.7. The van der Waals surface area contributed by atoms with E-state index in [2.05, 4.69) is 4.90 Å². The number of sulfonamides is 2. The van der Waals surface area contributed by atoms with Gasteiger partial charge in [0.25, 0.3) is 20.0 Å². The van der Waals surface area contributed by atoms with Gasteiger partial charge >= 0.3 is 11.9 Å². The Kier molecular flexibility index (Phi) is 10.9. The van der Waals surface area contributed by atoms with Crippen LogP contribution in [0.3, 0.4) is 0 Å². The first-order valence-corrected chi connectivity index (χ1v) is 20.6. The highest BCUT2D eigenvalue weighted by Gasteiger charge is 2.34. The van der Waals surface area contributed by atoms with Crippen molar-refractivity contribution in [3.63, 3.8) is 0 Å². The highest BCUT2D eigenvalue weighted by molar-refractivity contribution is 7.93. The van der Waals surface area contributed by atoms with Gasteiger partial charge in [-0.25, -0.2) is 16.8 Å². The predicted octanol–water partition coefficient (Wildman–Crippen LogP) is 6.14. The Bertz CT molecular complexity index is 2640. The fourth-order valence-corrected chi connectivity index (χ4v) is 9.57. The normalized spacial score (nSPS) is 13.9. The van der Waals surface area contributed by atoms with Gasteiger partial charge in [-0.1, -0.05) is 24.3 Å². The molecule has 57 heavy (non-hydrogen) atoms. The van der Waals surface area contributed by atoms with Crippen LogP contribution in [0, 0.1) is 0 Å². The molecule has 4 aromatic carbocycles. The number of piperazine rings is 1. The quantitative estimate of drug-likeness (QED) is 0.129. The van der Waals surface area contributed by atoms with E-state index in [-0.39, 0.29) is 37.5 Å². The second kappa shape index (κ2) is 16.0. The maximum Gasteiger partial charge on any atom is 0.324 e. The molecule has 1 aliphatic rings. The number of furan rings is 2. The van der Waals surface area contributed by atoms with Crippen molar-refractivity contribution in [2.24, 2.45) is 0 Å². The molecule has 16 heteroatoms. The van der Waals surface area contributed by atoms with Crippen molar-refractivity contribution in [2.75, 3.05) is 54.9 Å². The molecular weight excluding hydrogens is 773 g/mol. The number of benzene rings is 4. The molecule has 0 unspecified atom stereocenters. The lowest BCUT2D eigenvalue weighted by Gasteiger charge is -2.32. The molecule has 2 aromatic heterocycles. The summed E-state index contributed by atoms with van der Waals surface area (Å²) in [5, 5.41) is 20.6. The first-order valence-electron chi connectivity index (χ1n) is 17.8. The van der Waals surface area contributed by atoms with Gasteiger partial charge < -0.3 is 28.8 Å². The molecule has 6 aromatic rings. The Morgan fingerprint density at radius 1 is 0.667 bits per heavy atom. The van der Waals surface area contributed by atoms with Gasteiger partial charge in [0.15, 0.2) is 0 Å². The molecule has 3 heterocycles. The van der Waals surface area contributed by atoms with Crippen LogP contribution in [-0.2, 0) is 29.6 Å². The average molecular weight is 811 g/mol. The summed E-state index contributed by atoms with van der Waals surface area (Å²) >= 11 is 0. The molecule has 1 fully saturated rings. The van der Waals surface area contributed by atoms with E-state index in [0.717, 1.165) is 21.7 Å². The molecule has 0 bridgehead atoms. The molecule has 7 rings (SSSR count). The summed E-state index contributed by atoms with van der Waals surface area (Å²) in [7, 11) is -7.20. The monoisotopic (exact) mass is 810 g/mol. The Labute approximate surface area is 329 Å². The Morgan fingerprint density at radius 2 is 1.16 bits per heavy atom. The lowest BCUT2D eigenvalue weighted by molar-refractivity contribution is -0.136. The number of carbonyl (C=O) groups is 2. The van der Waals surface area contributed by atoms with E-state index < -0.39 is 45.1 Å². The minimum absolute atomic E-state index is 0.0345. The zero-order valence-electron chi connectivity index (χ0n) is 30.6. The number of nitrogens with zero attached hydrogens (tertiary/aromatic N) is 4. The van der Waals surface area contributed by atoms with E-state index in [1.54, 1.807) is 79.0 Å². The summed E-state index contributed by atoms with van der Waals surface area (Å²) in [5.74, 6) is -1.87. The second-order valence-electron chi connectivity index (χ2n) is 13.3. The third kappa shape index (κ3) is 8.14. The third-order valence-corrected chi connectivity index (χ3v) is 13.1. The molecule has 2 N–H and O–H groups in total. The van der Waals surface area contributed by atoms with Crippen molar-refractivity contribution in [2.45, 2.75) is 9.79 Å². The fraction of sp³-hybridized carbons (Fsp3) is 0.171. The number of carboxylic acid groups (broad SMARTS) is 2. The maximum atomic E-state index is 14.6. The van der Waals surface area contributed by atoms with Gasteiger partial charge in [0, 0.05) is 53.6 Å². The number of hydrogen-bond donors (Lipinski definition) is 2. The van der Waals surface area contributed by atoms with Crippen LogP contribution in [0.4, 0.5) is 11.4 Å². The van der Waals surface area contributed by atoms with E-state index in [1.807, 2.05) is 11.9 Å². The molecule has 294 valence electrons. The number of hydrogen-bond acceptors (Lipinski definition) is 10. The zero-order valence-corrected chi connectivity index (χ0v) is 32.3. The molecule has 0 amide bonds. The summed E-state index contributed by atoms with van der Waals surface area (Å²) in [6.45, 7) is 0.797. The average Bonchev–Trinajstić information content (AvgIpc) is 3.95. The fourth-order valence-electron chi connectivity index (χ4n) is 6.68. The number of likely N-dealkylation sites (N-methyl/N-ethyl adjacent to an activating group) is 1. The molecule has 14 nitrogen and oxygen atoms in total. The van der Waals surface area contributed by atoms with Crippen LogP contribution >= 0.6 is 0 Å². The van der Waals surface area contributed by atoms with Crippen molar-refractivity contribution in [3.8, 4) is 22.6 Å². The molecule has 0 radical (unpaired) electrons. The zero-order chi connectivity index (χ0) is 40.3. The van der Waals surface area contributed by atoms with Gasteiger partial charge in [0.1, 0.15) is 24.6 Å². The van der Waals surface area contributed by atoms with Crippen molar-refractivity contribution in [1.82, 2.24) is 9.80 Å². The van der Waals surface area contributed by atoms with Gasteiger partial charge in [0.05, 0.1) is 33.7 Å². The maximum absolute atomic E-state index is 14.6. The van der Waals surface area contributed by atoms with Crippen LogP contribution in [-0.4, -0.2) is 95.1 Å². The van der Waals surface area contributed by atoms with Gasteiger partial charge in [-0.3, -0.25) is 18.2 Å².